The van der Waals surface area contributed by atoms with Gasteiger partial charge in [-0.15, -0.1) is 0 Å². The Kier molecular flexibility index (Phi) is 8.53. The van der Waals surface area contributed by atoms with Crippen molar-refractivity contribution in [2.75, 3.05) is 0 Å². The zero-order valence-corrected chi connectivity index (χ0v) is 19.3. The number of hydrogen-bond acceptors (Lipinski definition) is 2. The molecule has 0 heterocycles. The van der Waals surface area contributed by atoms with E-state index >= 15 is 0 Å². The first-order valence-corrected chi connectivity index (χ1v) is 11.7. The summed E-state index contributed by atoms with van der Waals surface area (Å²) in [4.78, 5) is 27.9. The highest BCUT2D eigenvalue weighted by molar-refractivity contribution is 6.30. The molecule has 2 aromatic rings. The first-order chi connectivity index (χ1) is 14.9. The first-order valence-electron chi connectivity index (χ1n) is 11.3. The lowest BCUT2D eigenvalue weighted by Crippen LogP contribution is -2.50. The molecule has 1 N–H and O–H groups in total. The van der Waals surface area contributed by atoms with Crippen LogP contribution in [0.3, 0.4) is 0 Å². The predicted octanol–water partition coefficient (Wildman–Crippen LogP) is 5.45. The van der Waals surface area contributed by atoms with E-state index in [4.69, 9.17) is 11.6 Å². The minimum atomic E-state index is -0.536. The lowest BCUT2D eigenvalue weighted by Gasteiger charge is -2.31. The molecule has 0 radical (unpaired) electrons. The van der Waals surface area contributed by atoms with E-state index in [-0.39, 0.29) is 17.9 Å². The summed E-state index contributed by atoms with van der Waals surface area (Å²) in [6.45, 7) is 4.24. The highest BCUT2D eigenvalue weighted by Crippen LogP contribution is 2.19. The van der Waals surface area contributed by atoms with E-state index in [0.29, 0.717) is 24.4 Å². The number of halogens is 1. The van der Waals surface area contributed by atoms with Crippen molar-refractivity contribution in [1.82, 2.24) is 10.2 Å². The minimum absolute atomic E-state index is 0.0214. The van der Waals surface area contributed by atoms with Crippen LogP contribution in [0.4, 0.5) is 0 Å². The fourth-order valence-corrected chi connectivity index (χ4v) is 4.35. The Bertz CT molecular complexity index is 875. The standard InChI is InChI=1S/C26H33ClN2O2/c1-19-11-13-21(14-12-19)15-16-25(30)29(18-22-7-6-8-23(27)17-22)20(2)26(31)28-24-9-4-3-5-10-24/h6-8,11-14,17,20,24H,3-5,9-10,15-16,18H2,1-2H3,(H,28,31). The fraction of sp³-hybridized carbons (Fsp3) is 0.462. The third-order valence-corrected chi connectivity index (χ3v) is 6.34. The van der Waals surface area contributed by atoms with Crippen LogP contribution in [0.25, 0.3) is 0 Å². The molecule has 166 valence electrons. The van der Waals surface area contributed by atoms with E-state index in [0.717, 1.165) is 36.8 Å². The molecule has 0 aliphatic heterocycles. The van der Waals surface area contributed by atoms with Crippen molar-refractivity contribution < 1.29 is 9.59 Å². The van der Waals surface area contributed by atoms with E-state index in [1.165, 1.54) is 12.0 Å². The van der Waals surface area contributed by atoms with E-state index in [2.05, 4.69) is 29.6 Å². The van der Waals surface area contributed by atoms with Crippen LogP contribution in [-0.4, -0.2) is 28.8 Å². The zero-order chi connectivity index (χ0) is 22.2. The van der Waals surface area contributed by atoms with Gasteiger partial charge in [0.1, 0.15) is 6.04 Å². The number of hydrogen-bond donors (Lipinski definition) is 1. The van der Waals surface area contributed by atoms with Crippen molar-refractivity contribution in [2.24, 2.45) is 0 Å². The molecule has 5 heteroatoms. The number of rotatable bonds is 8. The van der Waals surface area contributed by atoms with Crippen LogP contribution in [-0.2, 0) is 22.6 Å². The Morgan fingerprint density at radius 2 is 1.77 bits per heavy atom. The molecular weight excluding hydrogens is 408 g/mol. The molecule has 1 atom stereocenters. The molecule has 4 nitrogen and oxygen atoms in total. The highest BCUT2D eigenvalue weighted by Gasteiger charge is 2.28. The Morgan fingerprint density at radius 1 is 1.06 bits per heavy atom. The molecule has 0 aromatic heterocycles. The Balaban J connectivity index is 1.70. The van der Waals surface area contributed by atoms with E-state index < -0.39 is 6.04 Å². The number of amides is 2. The number of nitrogens with zero attached hydrogens (tertiary/aromatic N) is 1. The van der Waals surface area contributed by atoms with Crippen LogP contribution in [0.5, 0.6) is 0 Å². The number of carbonyl (C=O) groups excluding carboxylic acids is 2. The molecular formula is C26H33ClN2O2. The molecule has 1 saturated carbocycles. The van der Waals surface area contributed by atoms with Gasteiger partial charge in [0, 0.05) is 24.0 Å². The summed E-state index contributed by atoms with van der Waals surface area (Å²) in [7, 11) is 0. The lowest BCUT2D eigenvalue weighted by atomic mass is 9.95. The van der Waals surface area contributed by atoms with Gasteiger partial charge in [-0.25, -0.2) is 0 Å². The van der Waals surface area contributed by atoms with Gasteiger partial charge in [-0.05, 0) is 56.4 Å². The second kappa shape index (κ2) is 11.3. The average molecular weight is 441 g/mol. The normalized spacial score (nSPS) is 15.3. The van der Waals surface area contributed by atoms with Crippen LogP contribution in [0.2, 0.25) is 5.02 Å². The van der Waals surface area contributed by atoms with Gasteiger partial charge in [0.05, 0.1) is 0 Å². The summed E-state index contributed by atoms with van der Waals surface area (Å²) < 4.78 is 0. The SMILES string of the molecule is Cc1ccc(CCC(=O)N(Cc2cccc(Cl)c2)C(C)C(=O)NC2CCCCC2)cc1. The molecule has 3 rings (SSSR count). The lowest BCUT2D eigenvalue weighted by molar-refractivity contribution is -0.141. The van der Waals surface area contributed by atoms with Crippen molar-refractivity contribution in [1.29, 1.82) is 0 Å². The van der Waals surface area contributed by atoms with Crippen LogP contribution >= 0.6 is 11.6 Å². The van der Waals surface area contributed by atoms with Gasteiger partial charge < -0.3 is 10.2 Å². The van der Waals surface area contributed by atoms with Crippen molar-refractivity contribution in [2.45, 2.75) is 77.4 Å². The predicted molar refractivity (Wildman–Crippen MR) is 126 cm³/mol. The van der Waals surface area contributed by atoms with Crippen LogP contribution in [0, 0.1) is 6.92 Å². The summed E-state index contributed by atoms with van der Waals surface area (Å²) in [5.74, 6) is -0.0931. The monoisotopic (exact) mass is 440 g/mol. The van der Waals surface area contributed by atoms with E-state index in [1.807, 2.05) is 38.1 Å². The minimum Gasteiger partial charge on any atom is -0.352 e. The van der Waals surface area contributed by atoms with Gasteiger partial charge in [0.2, 0.25) is 11.8 Å². The molecule has 0 bridgehead atoms. The van der Waals surface area contributed by atoms with Crippen LogP contribution < -0.4 is 5.32 Å². The van der Waals surface area contributed by atoms with Crippen molar-refractivity contribution in [3.05, 3.63) is 70.2 Å². The molecule has 1 aliphatic rings. The molecule has 2 aromatic carbocycles. The number of benzene rings is 2. The largest absolute Gasteiger partial charge is 0.352 e. The van der Waals surface area contributed by atoms with E-state index in [9.17, 15) is 9.59 Å². The van der Waals surface area contributed by atoms with Gasteiger partial charge in [-0.1, -0.05) is 72.8 Å². The second-order valence-electron chi connectivity index (χ2n) is 8.66. The summed E-state index contributed by atoms with van der Waals surface area (Å²) in [5, 5.41) is 3.80. The van der Waals surface area contributed by atoms with Crippen molar-refractivity contribution in [3.63, 3.8) is 0 Å². The topological polar surface area (TPSA) is 49.4 Å². The summed E-state index contributed by atoms with van der Waals surface area (Å²) in [5.41, 5.74) is 3.25. The average Bonchev–Trinajstić information content (AvgIpc) is 2.77. The fourth-order valence-electron chi connectivity index (χ4n) is 4.13. The number of aryl methyl sites for hydroxylation is 2. The molecule has 1 unspecified atom stereocenters. The van der Waals surface area contributed by atoms with Crippen LogP contribution in [0.15, 0.2) is 48.5 Å². The van der Waals surface area contributed by atoms with Gasteiger partial charge >= 0.3 is 0 Å². The quantitative estimate of drug-likeness (QED) is 0.593. The van der Waals surface area contributed by atoms with Crippen LogP contribution in [0.1, 0.15) is 62.1 Å². The maximum absolute atomic E-state index is 13.2. The van der Waals surface area contributed by atoms with Gasteiger partial charge in [-0.2, -0.15) is 0 Å². The Morgan fingerprint density at radius 3 is 2.45 bits per heavy atom. The van der Waals surface area contributed by atoms with E-state index in [1.54, 1.807) is 4.90 Å². The van der Waals surface area contributed by atoms with Gasteiger partial charge in [-0.3, -0.25) is 9.59 Å². The maximum atomic E-state index is 13.2. The molecule has 1 aliphatic carbocycles. The van der Waals surface area contributed by atoms with Gasteiger partial charge in [0.25, 0.3) is 0 Å². The summed E-state index contributed by atoms with van der Waals surface area (Å²) in [6.07, 6.45) is 6.61. The molecule has 2 amide bonds. The van der Waals surface area contributed by atoms with Gasteiger partial charge in [0.15, 0.2) is 0 Å². The molecule has 31 heavy (non-hydrogen) atoms. The maximum Gasteiger partial charge on any atom is 0.242 e. The highest BCUT2D eigenvalue weighted by atomic mass is 35.5. The second-order valence-corrected chi connectivity index (χ2v) is 9.09. The van der Waals surface area contributed by atoms with Crippen molar-refractivity contribution >= 4 is 23.4 Å². The Labute approximate surface area is 191 Å². The third-order valence-electron chi connectivity index (χ3n) is 6.11. The Hall–Kier alpha value is -2.33. The molecule has 0 saturated heterocycles. The third kappa shape index (κ3) is 7.10. The zero-order valence-electron chi connectivity index (χ0n) is 18.6. The summed E-state index contributed by atoms with van der Waals surface area (Å²) in [6, 6.07) is 15.4. The number of nitrogens with one attached hydrogen (secondary N) is 1. The smallest absolute Gasteiger partial charge is 0.242 e. The first kappa shape index (κ1) is 23.3. The van der Waals surface area contributed by atoms with Crippen molar-refractivity contribution in [3.8, 4) is 0 Å². The number of carbonyl (C=O) groups is 2. The summed E-state index contributed by atoms with van der Waals surface area (Å²) >= 11 is 6.15. The molecule has 0 spiro atoms. The molecule has 1 fully saturated rings.